The van der Waals surface area contributed by atoms with Crippen LogP contribution in [0.1, 0.15) is 39.0 Å². The van der Waals surface area contributed by atoms with E-state index in [0.717, 1.165) is 19.3 Å². The molecule has 17 heavy (non-hydrogen) atoms. The van der Waals surface area contributed by atoms with Gasteiger partial charge in [0, 0.05) is 18.7 Å². The molecule has 2 saturated carbocycles. The summed E-state index contributed by atoms with van der Waals surface area (Å²) in [4.78, 5) is 12.2. The highest BCUT2D eigenvalue weighted by molar-refractivity contribution is 5.80. The number of rotatable bonds is 5. The summed E-state index contributed by atoms with van der Waals surface area (Å²) in [6.45, 7) is 2.18. The van der Waals surface area contributed by atoms with Crippen LogP contribution in [0.3, 0.4) is 0 Å². The van der Waals surface area contributed by atoms with Gasteiger partial charge in [-0.25, -0.2) is 0 Å². The zero-order valence-corrected chi connectivity index (χ0v) is 10.6. The van der Waals surface area contributed by atoms with Crippen molar-refractivity contribution in [1.82, 2.24) is 5.32 Å². The van der Waals surface area contributed by atoms with E-state index >= 15 is 0 Å². The molecular formula is C13H24N2O2. The van der Waals surface area contributed by atoms with Crippen molar-refractivity contribution in [1.29, 1.82) is 0 Å². The van der Waals surface area contributed by atoms with Gasteiger partial charge in [-0.2, -0.15) is 0 Å². The van der Waals surface area contributed by atoms with E-state index in [1.165, 1.54) is 12.8 Å². The first-order valence-electron chi connectivity index (χ1n) is 6.80. The van der Waals surface area contributed by atoms with Crippen molar-refractivity contribution in [3.63, 3.8) is 0 Å². The first-order chi connectivity index (χ1) is 8.13. The van der Waals surface area contributed by atoms with Gasteiger partial charge in [-0.3, -0.25) is 4.79 Å². The van der Waals surface area contributed by atoms with Crippen molar-refractivity contribution in [2.45, 2.75) is 51.1 Å². The molecule has 1 amide bonds. The molecule has 2 rings (SSSR count). The van der Waals surface area contributed by atoms with Gasteiger partial charge in [0.2, 0.25) is 5.91 Å². The number of carbonyl (C=O) groups is 1. The second-order valence-electron chi connectivity index (χ2n) is 5.71. The van der Waals surface area contributed by atoms with E-state index in [-0.39, 0.29) is 30.5 Å². The van der Waals surface area contributed by atoms with Gasteiger partial charge in [0.25, 0.3) is 0 Å². The molecule has 5 unspecified atom stereocenters. The molecule has 4 heteroatoms. The highest BCUT2D eigenvalue weighted by Gasteiger charge is 2.49. The molecule has 0 aliphatic heterocycles. The SMILES string of the molecule is CC(CCCO)NC(=O)C1C2CCC(C2)C1N. The average molecular weight is 240 g/mol. The second kappa shape index (κ2) is 5.36. The molecule has 4 nitrogen and oxygen atoms in total. The fourth-order valence-electron chi connectivity index (χ4n) is 3.53. The summed E-state index contributed by atoms with van der Waals surface area (Å²) in [5, 5.41) is 11.8. The molecule has 98 valence electrons. The molecule has 0 radical (unpaired) electrons. The molecule has 0 heterocycles. The number of carbonyl (C=O) groups excluding carboxylic acids is 1. The lowest BCUT2D eigenvalue weighted by Crippen LogP contribution is -2.47. The highest BCUT2D eigenvalue weighted by atomic mass is 16.3. The normalized spacial score (nSPS) is 37.1. The largest absolute Gasteiger partial charge is 0.396 e. The van der Waals surface area contributed by atoms with Gasteiger partial charge >= 0.3 is 0 Å². The smallest absolute Gasteiger partial charge is 0.225 e. The van der Waals surface area contributed by atoms with Crippen LogP contribution in [0.4, 0.5) is 0 Å². The lowest BCUT2D eigenvalue weighted by atomic mass is 9.84. The molecule has 2 fully saturated rings. The summed E-state index contributed by atoms with van der Waals surface area (Å²) < 4.78 is 0. The third kappa shape index (κ3) is 2.63. The Morgan fingerprint density at radius 3 is 2.76 bits per heavy atom. The Morgan fingerprint density at radius 1 is 1.47 bits per heavy atom. The van der Waals surface area contributed by atoms with E-state index in [1.807, 2.05) is 6.92 Å². The molecular weight excluding hydrogens is 216 g/mol. The minimum atomic E-state index is 0.0327. The molecule has 2 bridgehead atoms. The van der Waals surface area contributed by atoms with Crippen LogP contribution in [0, 0.1) is 17.8 Å². The monoisotopic (exact) mass is 240 g/mol. The summed E-state index contributed by atoms with van der Waals surface area (Å²) in [7, 11) is 0. The van der Waals surface area contributed by atoms with Crippen LogP contribution in [0.25, 0.3) is 0 Å². The van der Waals surface area contributed by atoms with Crippen molar-refractivity contribution in [2.24, 2.45) is 23.5 Å². The Morgan fingerprint density at radius 2 is 2.18 bits per heavy atom. The highest BCUT2D eigenvalue weighted by Crippen LogP contribution is 2.47. The number of fused-ring (bicyclic) bond motifs is 2. The van der Waals surface area contributed by atoms with Crippen LogP contribution >= 0.6 is 0 Å². The summed E-state index contributed by atoms with van der Waals surface area (Å²) in [6, 6.07) is 0.208. The zero-order valence-electron chi connectivity index (χ0n) is 10.6. The van der Waals surface area contributed by atoms with Gasteiger partial charge in [-0.15, -0.1) is 0 Å². The van der Waals surface area contributed by atoms with Gasteiger partial charge in [0.05, 0.1) is 5.92 Å². The topological polar surface area (TPSA) is 75.3 Å². The maximum absolute atomic E-state index is 12.2. The Balaban J connectivity index is 1.84. The van der Waals surface area contributed by atoms with Crippen molar-refractivity contribution in [3.05, 3.63) is 0 Å². The minimum Gasteiger partial charge on any atom is -0.396 e. The van der Waals surface area contributed by atoms with Crippen molar-refractivity contribution >= 4 is 5.91 Å². The Kier molecular flexibility index (Phi) is 4.05. The molecule has 2 aliphatic rings. The van der Waals surface area contributed by atoms with Crippen molar-refractivity contribution < 1.29 is 9.90 Å². The molecule has 0 aromatic rings. The van der Waals surface area contributed by atoms with Crippen LogP contribution < -0.4 is 11.1 Å². The van der Waals surface area contributed by atoms with Crippen molar-refractivity contribution in [2.75, 3.05) is 6.61 Å². The van der Waals surface area contributed by atoms with Gasteiger partial charge < -0.3 is 16.2 Å². The van der Waals surface area contributed by atoms with Crippen LogP contribution in [-0.4, -0.2) is 29.7 Å². The van der Waals surface area contributed by atoms with Crippen LogP contribution in [-0.2, 0) is 4.79 Å². The quantitative estimate of drug-likeness (QED) is 0.660. The zero-order chi connectivity index (χ0) is 12.4. The second-order valence-corrected chi connectivity index (χ2v) is 5.71. The maximum atomic E-state index is 12.2. The first-order valence-corrected chi connectivity index (χ1v) is 6.80. The number of hydrogen-bond acceptors (Lipinski definition) is 3. The summed E-state index contributed by atoms with van der Waals surface area (Å²) in [5.41, 5.74) is 6.14. The first kappa shape index (κ1) is 12.8. The number of nitrogens with two attached hydrogens (primary N) is 1. The summed E-state index contributed by atoms with van der Waals surface area (Å²) in [5.74, 6) is 1.25. The van der Waals surface area contributed by atoms with E-state index in [2.05, 4.69) is 5.32 Å². The number of amides is 1. The van der Waals surface area contributed by atoms with Crippen LogP contribution in [0.15, 0.2) is 0 Å². The Hall–Kier alpha value is -0.610. The third-order valence-corrected chi connectivity index (χ3v) is 4.47. The van der Waals surface area contributed by atoms with E-state index in [9.17, 15) is 4.79 Å². The lowest BCUT2D eigenvalue weighted by molar-refractivity contribution is -0.127. The number of nitrogens with one attached hydrogen (secondary N) is 1. The average Bonchev–Trinajstić information content (AvgIpc) is 2.86. The third-order valence-electron chi connectivity index (χ3n) is 4.47. The summed E-state index contributed by atoms with van der Waals surface area (Å²) >= 11 is 0. The van der Waals surface area contributed by atoms with Crippen LogP contribution in [0.2, 0.25) is 0 Å². The summed E-state index contributed by atoms with van der Waals surface area (Å²) in [6.07, 6.45) is 5.09. The fraction of sp³-hybridized carbons (Fsp3) is 0.923. The predicted molar refractivity (Wildman–Crippen MR) is 66.2 cm³/mol. The fourth-order valence-corrected chi connectivity index (χ4v) is 3.53. The van der Waals surface area contributed by atoms with E-state index in [0.29, 0.717) is 11.8 Å². The maximum Gasteiger partial charge on any atom is 0.225 e. The van der Waals surface area contributed by atoms with Crippen molar-refractivity contribution in [3.8, 4) is 0 Å². The van der Waals surface area contributed by atoms with Gasteiger partial charge in [-0.05, 0) is 50.9 Å². The van der Waals surface area contributed by atoms with E-state index in [4.69, 9.17) is 10.8 Å². The van der Waals surface area contributed by atoms with E-state index < -0.39 is 0 Å². The molecule has 0 aromatic heterocycles. The molecule has 0 spiro atoms. The Labute approximate surface area is 103 Å². The van der Waals surface area contributed by atoms with Crippen LogP contribution in [0.5, 0.6) is 0 Å². The predicted octanol–water partition coefficient (Wildman–Crippen LogP) is 0.637. The van der Waals surface area contributed by atoms with Gasteiger partial charge in [-0.1, -0.05) is 0 Å². The number of aliphatic hydroxyl groups excluding tert-OH is 1. The molecule has 0 aromatic carbocycles. The molecule has 5 atom stereocenters. The van der Waals surface area contributed by atoms with Gasteiger partial charge in [0.1, 0.15) is 0 Å². The number of aliphatic hydroxyl groups is 1. The molecule has 0 saturated heterocycles. The Bertz CT molecular complexity index is 281. The number of hydrogen-bond donors (Lipinski definition) is 3. The molecule has 4 N–H and O–H groups in total. The lowest BCUT2D eigenvalue weighted by Gasteiger charge is -2.28. The van der Waals surface area contributed by atoms with Gasteiger partial charge in [0.15, 0.2) is 0 Å². The molecule has 2 aliphatic carbocycles. The standard InChI is InChI=1S/C13H24N2O2/c1-8(3-2-6-16)15-13(17)11-9-4-5-10(7-9)12(11)14/h8-12,16H,2-7,14H2,1H3,(H,15,17). The van der Waals surface area contributed by atoms with E-state index in [1.54, 1.807) is 0 Å². The minimum absolute atomic E-state index is 0.0327.